The molecule has 2 aromatic rings. The van der Waals surface area contributed by atoms with Crippen molar-refractivity contribution in [1.82, 2.24) is 19.4 Å². The molecule has 2 aliphatic rings. The van der Waals surface area contributed by atoms with E-state index in [-0.39, 0.29) is 24.3 Å². The molecule has 1 atom stereocenters. The van der Waals surface area contributed by atoms with Gasteiger partial charge in [0.05, 0.1) is 11.0 Å². The van der Waals surface area contributed by atoms with Crippen molar-refractivity contribution in [3.05, 3.63) is 34.2 Å². The second-order valence-electron chi connectivity index (χ2n) is 8.45. The average Bonchev–Trinajstić information content (AvgIpc) is 3.00. The van der Waals surface area contributed by atoms with Crippen molar-refractivity contribution < 1.29 is 19.1 Å². The molecule has 0 aliphatic carbocycles. The molecule has 168 valence electrons. The predicted octanol–water partition coefficient (Wildman–Crippen LogP) is 1.15. The van der Waals surface area contributed by atoms with Gasteiger partial charge in [0.25, 0.3) is 0 Å². The molecule has 9 nitrogen and oxygen atoms in total. The summed E-state index contributed by atoms with van der Waals surface area (Å²) in [5.74, 6) is -0.303. The number of likely N-dealkylation sites (tertiary alicyclic amines) is 1. The van der Waals surface area contributed by atoms with E-state index in [9.17, 15) is 14.4 Å². The second-order valence-corrected chi connectivity index (χ2v) is 8.45. The Hall–Kier alpha value is -2.49. The highest BCUT2D eigenvalue weighted by atomic mass is 16.7. The Morgan fingerprint density at radius 3 is 2.42 bits per heavy atom. The molecule has 2 amide bonds. The lowest BCUT2D eigenvalue weighted by atomic mass is 9.95. The number of amides is 2. The quantitative estimate of drug-likeness (QED) is 0.546. The highest BCUT2D eigenvalue weighted by Gasteiger charge is 2.31. The number of carbonyl (C=O) groups is 2. The highest BCUT2D eigenvalue weighted by Crippen LogP contribution is 2.26. The van der Waals surface area contributed by atoms with Gasteiger partial charge in [-0.15, -0.1) is 0 Å². The largest absolute Gasteiger partial charge is 0.356 e. The Labute approximate surface area is 180 Å². The zero-order valence-electron chi connectivity index (χ0n) is 18.3. The number of nitrogens with zero attached hydrogens (tertiary/aromatic N) is 3. The van der Waals surface area contributed by atoms with Gasteiger partial charge in [-0.05, 0) is 50.0 Å². The number of aromatic nitrogens is 2. The van der Waals surface area contributed by atoms with Gasteiger partial charge in [-0.2, -0.15) is 0 Å². The maximum Gasteiger partial charge on any atom is 0.329 e. The van der Waals surface area contributed by atoms with Crippen molar-refractivity contribution in [2.75, 3.05) is 27.3 Å². The molecule has 0 bridgehead atoms. The standard InChI is InChI=1S/C22H30N4O5/c1-24-18-12-14(13-25-10-8-15(9-11-25)21(30-2)31-3)4-5-16(18)26(22(24)29)17-6-7-19(27)23-20(17)28/h4-5,12,15,17,21H,6-11,13H2,1-3H3,(H,23,27,28). The molecule has 0 spiro atoms. The summed E-state index contributed by atoms with van der Waals surface area (Å²) in [4.78, 5) is 39.1. The van der Waals surface area contributed by atoms with Crippen LogP contribution in [0.3, 0.4) is 0 Å². The zero-order valence-corrected chi connectivity index (χ0v) is 18.3. The van der Waals surface area contributed by atoms with E-state index in [1.807, 2.05) is 18.2 Å². The highest BCUT2D eigenvalue weighted by molar-refractivity contribution is 6.00. The van der Waals surface area contributed by atoms with Gasteiger partial charge in [-0.1, -0.05) is 6.07 Å². The monoisotopic (exact) mass is 430 g/mol. The van der Waals surface area contributed by atoms with Crippen LogP contribution < -0.4 is 11.0 Å². The van der Waals surface area contributed by atoms with E-state index in [4.69, 9.17) is 9.47 Å². The van der Waals surface area contributed by atoms with Crippen LogP contribution in [-0.4, -0.2) is 59.4 Å². The lowest BCUT2D eigenvalue weighted by molar-refractivity contribution is -0.147. The van der Waals surface area contributed by atoms with Crippen LogP contribution in [0.25, 0.3) is 11.0 Å². The van der Waals surface area contributed by atoms with Crippen molar-refractivity contribution in [1.29, 1.82) is 0 Å². The summed E-state index contributed by atoms with van der Waals surface area (Å²) < 4.78 is 13.9. The summed E-state index contributed by atoms with van der Waals surface area (Å²) in [5, 5.41) is 2.34. The molecular formula is C22H30N4O5. The Morgan fingerprint density at radius 1 is 1.06 bits per heavy atom. The number of imidazole rings is 1. The van der Waals surface area contributed by atoms with Gasteiger partial charge in [-0.3, -0.25) is 28.9 Å². The first-order valence-electron chi connectivity index (χ1n) is 10.7. The Kier molecular flexibility index (Phi) is 6.27. The Bertz CT molecular complexity index is 1030. The Balaban J connectivity index is 1.52. The van der Waals surface area contributed by atoms with Crippen LogP contribution in [0.15, 0.2) is 23.0 Å². The average molecular weight is 431 g/mol. The minimum atomic E-state index is -0.659. The van der Waals surface area contributed by atoms with E-state index in [1.165, 1.54) is 4.57 Å². The molecule has 1 aromatic heterocycles. The zero-order chi connectivity index (χ0) is 22.1. The normalized spacial score (nSPS) is 21.2. The number of fused-ring (bicyclic) bond motifs is 1. The third-order valence-corrected chi connectivity index (χ3v) is 6.56. The van der Waals surface area contributed by atoms with Gasteiger partial charge >= 0.3 is 5.69 Å². The SMILES string of the molecule is COC(OC)C1CCN(Cc2ccc3c(c2)n(C)c(=O)n3C2CCC(=O)NC2=O)CC1. The molecule has 1 N–H and O–H groups in total. The maximum atomic E-state index is 12.9. The first-order valence-corrected chi connectivity index (χ1v) is 10.7. The lowest BCUT2D eigenvalue weighted by Crippen LogP contribution is -2.44. The number of rotatable bonds is 6. The van der Waals surface area contributed by atoms with Gasteiger partial charge in [-0.25, -0.2) is 4.79 Å². The summed E-state index contributed by atoms with van der Waals surface area (Å²) in [6.45, 7) is 2.72. The topological polar surface area (TPSA) is 94.8 Å². The molecule has 31 heavy (non-hydrogen) atoms. The molecule has 4 rings (SSSR count). The molecule has 0 saturated carbocycles. The number of nitrogens with one attached hydrogen (secondary N) is 1. The summed E-state index contributed by atoms with van der Waals surface area (Å²) in [6.07, 6.45) is 2.45. The first-order chi connectivity index (χ1) is 14.9. The number of imide groups is 1. The van der Waals surface area contributed by atoms with Crippen LogP contribution >= 0.6 is 0 Å². The van der Waals surface area contributed by atoms with Crippen LogP contribution in [-0.2, 0) is 32.7 Å². The predicted molar refractivity (Wildman–Crippen MR) is 114 cm³/mol. The number of ether oxygens (including phenoxy) is 2. The van der Waals surface area contributed by atoms with Crippen molar-refractivity contribution in [3.8, 4) is 0 Å². The van der Waals surface area contributed by atoms with E-state index in [2.05, 4.69) is 10.2 Å². The lowest BCUT2D eigenvalue weighted by Gasteiger charge is -2.34. The summed E-state index contributed by atoms with van der Waals surface area (Å²) >= 11 is 0. The third kappa shape index (κ3) is 4.17. The molecular weight excluding hydrogens is 400 g/mol. The van der Waals surface area contributed by atoms with Gasteiger partial charge in [0.2, 0.25) is 11.8 Å². The molecule has 2 saturated heterocycles. The molecule has 2 aliphatic heterocycles. The third-order valence-electron chi connectivity index (χ3n) is 6.56. The van der Waals surface area contributed by atoms with Crippen LogP contribution in [0.1, 0.15) is 37.3 Å². The van der Waals surface area contributed by atoms with Crippen LogP contribution in [0.2, 0.25) is 0 Å². The molecule has 0 radical (unpaired) electrons. The summed E-state index contributed by atoms with van der Waals surface area (Å²) in [6, 6.07) is 5.30. The smallest absolute Gasteiger partial charge is 0.329 e. The second kappa shape index (κ2) is 8.94. The number of methoxy groups -OCH3 is 2. The number of hydrogen-bond acceptors (Lipinski definition) is 6. The summed E-state index contributed by atoms with van der Waals surface area (Å²) in [5.41, 5.74) is 2.39. The van der Waals surface area contributed by atoms with Crippen molar-refractivity contribution in [3.63, 3.8) is 0 Å². The fraction of sp³-hybridized carbons (Fsp3) is 0.591. The van der Waals surface area contributed by atoms with Crippen molar-refractivity contribution >= 4 is 22.8 Å². The molecule has 3 heterocycles. The molecule has 2 fully saturated rings. The fourth-order valence-corrected chi connectivity index (χ4v) is 4.86. The number of piperidine rings is 2. The van der Waals surface area contributed by atoms with Gasteiger partial charge in [0.15, 0.2) is 6.29 Å². The van der Waals surface area contributed by atoms with E-state index in [0.29, 0.717) is 17.9 Å². The number of aryl methyl sites for hydroxylation is 1. The molecule has 9 heteroatoms. The number of hydrogen-bond donors (Lipinski definition) is 1. The van der Waals surface area contributed by atoms with Crippen molar-refractivity contribution in [2.45, 2.75) is 44.6 Å². The van der Waals surface area contributed by atoms with Crippen molar-refractivity contribution in [2.24, 2.45) is 13.0 Å². The number of benzene rings is 1. The van der Waals surface area contributed by atoms with E-state index in [1.54, 1.807) is 25.8 Å². The van der Waals surface area contributed by atoms with Gasteiger partial charge < -0.3 is 9.47 Å². The number of carbonyl (C=O) groups excluding carboxylic acids is 2. The first kappa shape index (κ1) is 21.7. The minimum absolute atomic E-state index is 0.153. The van der Waals surface area contributed by atoms with Crippen LogP contribution in [0, 0.1) is 5.92 Å². The van der Waals surface area contributed by atoms with Gasteiger partial charge in [0, 0.05) is 40.2 Å². The maximum absolute atomic E-state index is 12.9. The molecule has 1 unspecified atom stereocenters. The van der Waals surface area contributed by atoms with E-state index in [0.717, 1.165) is 43.6 Å². The van der Waals surface area contributed by atoms with E-state index < -0.39 is 11.9 Å². The summed E-state index contributed by atoms with van der Waals surface area (Å²) in [7, 11) is 5.08. The van der Waals surface area contributed by atoms with Gasteiger partial charge in [0.1, 0.15) is 6.04 Å². The van der Waals surface area contributed by atoms with Crippen LogP contribution in [0.5, 0.6) is 0 Å². The minimum Gasteiger partial charge on any atom is -0.356 e. The fourth-order valence-electron chi connectivity index (χ4n) is 4.86. The Morgan fingerprint density at radius 2 is 1.77 bits per heavy atom. The molecule has 1 aromatic carbocycles. The van der Waals surface area contributed by atoms with E-state index >= 15 is 0 Å². The van der Waals surface area contributed by atoms with Crippen LogP contribution in [0.4, 0.5) is 0 Å².